The molecule has 1 aromatic carbocycles. The van der Waals surface area contributed by atoms with Crippen LogP contribution in [-0.4, -0.2) is 22.1 Å². The number of amides is 1. The molecule has 1 amide bonds. The number of carbonyl (C=O) groups excluding carboxylic acids is 1. The van der Waals surface area contributed by atoms with Crippen molar-refractivity contribution in [1.82, 2.24) is 10.3 Å². The van der Waals surface area contributed by atoms with Gasteiger partial charge in [-0.15, -0.1) is 0 Å². The van der Waals surface area contributed by atoms with Gasteiger partial charge in [0, 0.05) is 12.6 Å². The molecule has 2 unspecified atom stereocenters. The van der Waals surface area contributed by atoms with Gasteiger partial charge in [-0.2, -0.15) is 0 Å². The molecule has 0 aliphatic heterocycles. The Morgan fingerprint density at radius 3 is 2.86 bits per heavy atom. The van der Waals surface area contributed by atoms with Crippen molar-refractivity contribution in [3.8, 4) is 0 Å². The minimum atomic E-state index is -0.672. The standard InChI is InChI=1S/C16H16N2O3/c1-9-6-7-17-15(20)13(9)16(21)18-14-11-5-3-2-4-10(11)8-12(14)19/h2-7,12,14,19H,8H2,1H3,(H,17,20)(H,18,21). The van der Waals surface area contributed by atoms with Gasteiger partial charge in [-0.3, -0.25) is 9.59 Å². The number of aryl methyl sites for hydroxylation is 1. The molecule has 0 bridgehead atoms. The Morgan fingerprint density at radius 1 is 1.33 bits per heavy atom. The molecule has 3 N–H and O–H groups in total. The minimum Gasteiger partial charge on any atom is -0.390 e. The van der Waals surface area contributed by atoms with Crippen LogP contribution < -0.4 is 10.9 Å². The predicted octanol–water partition coefficient (Wildman–Crippen LogP) is 1.07. The van der Waals surface area contributed by atoms with Gasteiger partial charge in [0.1, 0.15) is 5.56 Å². The second-order valence-electron chi connectivity index (χ2n) is 5.29. The molecule has 5 nitrogen and oxygen atoms in total. The molecule has 21 heavy (non-hydrogen) atoms. The molecular weight excluding hydrogens is 268 g/mol. The Balaban J connectivity index is 1.91. The van der Waals surface area contributed by atoms with E-state index in [1.54, 1.807) is 13.0 Å². The third kappa shape index (κ3) is 2.36. The van der Waals surface area contributed by atoms with Crippen LogP contribution in [0.1, 0.15) is 33.1 Å². The largest absolute Gasteiger partial charge is 0.390 e. The molecule has 2 aromatic rings. The SMILES string of the molecule is Cc1cc[nH]c(=O)c1C(=O)NC1c2ccccc2CC1O. The third-order valence-electron chi connectivity index (χ3n) is 3.89. The van der Waals surface area contributed by atoms with Gasteiger partial charge in [0.2, 0.25) is 0 Å². The van der Waals surface area contributed by atoms with Crippen molar-refractivity contribution in [2.75, 3.05) is 0 Å². The Hall–Kier alpha value is -2.40. The van der Waals surface area contributed by atoms with Crippen molar-refractivity contribution < 1.29 is 9.90 Å². The van der Waals surface area contributed by atoms with E-state index in [0.29, 0.717) is 12.0 Å². The van der Waals surface area contributed by atoms with Gasteiger partial charge in [0.15, 0.2) is 0 Å². The number of aliphatic hydroxyl groups excluding tert-OH is 1. The Morgan fingerprint density at radius 2 is 2.10 bits per heavy atom. The molecule has 1 aromatic heterocycles. The van der Waals surface area contributed by atoms with Crippen LogP contribution in [0.15, 0.2) is 41.3 Å². The lowest BCUT2D eigenvalue weighted by molar-refractivity contribution is 0.0856. The highest BCUT2D eigenvalue weighted by Crippen LogP contribution is 2.31. The van der Waals surface area contributed by atoms with Crippen LogP contribution in [0.3, 0.4) is 0 Å². The topological polar surface area (TPSA) is 82.2 Å². The number of pyridine rings is 1. The molecule has 0 saturated carbocycles. The molecular formula is C16H16N2O3. The summed E-state index contributed by atoms with van der Waals surface area (Å²) >= 11 is 0. The zero-order valence-electron chi connectivity index (χ0n) is 11.6. The molecule has 2 atom stereocenters. The summed E-state index contributed by atoms with van der Waals surface area (Å²) in [7, 11) is 0. The fourth-order valence-electron chi connectivity index (χ4n) is 2.82. The normalized spacial score (nSPS) is 20.1. The molecule has 0 saturated heterocycles. The van der Waals surface area contributed by atoms with Crippen LogP contribution in [0.2, 0.25) is 0 Å². The number of hydrogen-bond donors (Lipinski definition) is 3. The summed E-state index contributed by atoms with van der Waals surface area (Å²) in [6, 6.07) is 8.80. The van der Waals surface area contributed by atoms with Gasteiger partial charge in [-0.1, -0.05) is 24.3 Å². The number of fused-ring (bicyclic) bond motifs is 1. The number of carbonyl (C=O) groups is 1. The quantitative estimate of drug-likeness (QED) is 0.771. The van der Waals surface area contributed by atoms with Crippen molar-refractivity contribution in [3.63, 3.8) is 0 Å². The van der Waals surface area contributed by atoms with E-state index in [9.17, 15) is 14.7 Å². The lowest BCUT2D eigenvalue weighted by Crippen LogP contribution is -2.37. The first-order valence-corrected chi connectivity index (χ1v) is 6.83. The van der Waals surface area contributed by atoms with Gasteiger partial charge in [-0.25, -0.2) is 0 Å². The molecule has 1 aliphatic carbocycles. The number of rotatable bonds is 2. The third-order valence-corrected chi connectivity index (χ3v) is 3.89. The summed E-state index contributed by atoms with van der Waals surface area (Å²) in [5.41, 5.74) is 2.21. The van der Waals surface area contributed by atoms with Gasteiger partial charge < -0.3 is 15.4 Å². The number of nitrogens with one attached hydrogen (secondary N) is 2. The highest BCUT2D eigenvalue weighted by Gasteiger charge is 2.32. The minimum absolute atomic E-state index is 0.0917. The first kappa shape index (κ1) is 13.6. The predicted molar refractivity (Wildman–Crippen MR) is 78.2 cm³/mol. The number of hydrogen-bond acceptors (Lipinski definition) is 3. The molecule has 0 radical (unpaired) electrons. The summed E-state index contributed by atoms with van der Waals surface area (Å²) in [6.07, 6.45) is 1.34. The van der Waals surface area contributed by atoms with E-state index in [0.717, 1.165) is 11.1 Å². The van der Waals surface area contributed by atoms with E-state index in [1.807, 2.05) is 24.3 Å². The van der Waals surface area contributed by atoms with Crippen molar-refractivity contribution in [2.24, 2.45) is 0 Å². The molecule has 108 valence electrons. The zero-order chi connectivity index (χ0) is 15.0. The van der Waals surface area contributed by atoms with Crippen molar-refractivity contribution >= 4 is 5.91 Å². The van der Waals surface area contributed by atoms with Crippen LogP contribution >= 0.6 is 0 Å². The van der Waals surface area contributed by atoms with Crippen LogP contribution in [0.4, 0.5) is 0 Å². The van der Waals surface area contributed by atoms with E-state index in [2.05, 4.69) is 10.3 Å². The smallest absolute Gasteiger partial charge is 0.261 e. The van der Waals surface area contributed by atoms with Crippen LogP contribution in [-0.2, 0) is 6.42 Å². The molecule has 3 rings (SSSR count). The molecule has 1 heterocycles. The lowest BCUT2D eigenvalue weighted by atomic mass is 10.1. The number of aromatic amines is 1. The lowest BCUT2D eigenvalue weighted by Gasteiger charge is -2.18. The van der Waals surface area contributed by atoms with Crippen molar-refractivity contribution in [1.29, 1.82) is 0 Å². The number of aromatic nitrogens is 1. The average Bonchev–Trinajstić information content (AvgIpc) is 2.75. The number of H-pyrrole nitrogens is 1. The summed E-state index contributed by atoms with van der Waals surface area (Å²) in [6.45, 7) is 1.71. The second-order valence-corrected chi connectivity index (χ2v) is 5.29. The molecule has 1 aliphatic rings. The summed E-state index contributed by atoms with van der Waals surface area (Å²) < 4.78 is 0. The summed E-state index contributed by atoms with van der Waals surface area (Å²) in [5, 5.41) is 12.9. The van der Waals surface area contributed by atoms with Gasteiger partial charge >= 0.3 is 0 Å². The van der Waals surface area contributed by atoms with Gasteiger partial charge in [-0.05, 0) is 29.7 Å². The highest BCUT2D eigenvalue weighted by atomic mass is 16.3. The first-order chi connectivity index (χ1) is 10.1. The monoisotopic (exact) mass is 284 g/mol. The van der Waals surface area contributed by atoms with E-state index < -0.39 is 23.6 Å². The van der Waals surface area contributed by atoms with Crippen LogP contribution in [0, 0.1) is 6.92 Å². The Labute approximate surface area is 121 Å². The zero-order valence-corrected chi connectivity index (χ0v) is 11.6. The Bertz CT molecular complexity index is 751. The maximum Gasteiger partial charge on any atom is 0.261 e. The van der Waals surface area contributed by atoms with E-state index in [4.69, 9.17) is 0 Å². The van der Waals surface area contributed by atoms with Gasteiger partial charge in [0.05, 0.1) is 12.1 Å². The van der Waals surface area contributed by atoms with Crippen LogP contribution in [0.5, 0.6) is 0 Å². The molecule has 5 heteroatoms. The van der Waals surface area contributed by atoms with Crippen molar-refractivity contribution in [2.45, 2.75) is 25.5 Å². The fraction of sp³-hybridized carbons (Fsp3) is 0.250. The van der Waals surface area contributed by atoms with Crippen LogP contribution in [0.25, 0.3) is 0 Å². The van der Waals surface area contributed by atoms with E-state index in [-0.39, 0.29) is 5.56 Å². The van der Waals surface area contributed by atoms with Crippen molar-refractivity contribution in [3.05, 3.63) is 69.1 Å². The maximum absolute atomic E-state index is 12.4. The summed E-state index contributed by atoms with van der Waals surface area (Å²) in [5.74, 6) is -0.463. The number of aliphatic hydroxyl groups is 1. The van der Waals surface area contributed by atoms with E-state index in [1.165, 1.54) is 6.20 Å². The van der Waals surface area contributed by atoms with Gasteiger partial charge in [0.25, 0.3) is 11.5 Å². The highest BCUT2D eigenvalue weighted by molar-refractivity contribution is 5.95. The fourth-order valence-corrected chi connectivity index (χ4v) is 2.82. The average molecular weight is 284 g/mol. The first-order valence-electron chi connectivity index (χ1n) is 6.83. The molecule has 0 spiro atoms. The summed E-state index contributed by atoms with van der Waals surface area (Å²) in [4.78, 5) is 26.7. The number of benzene rings is 1. The maximum atomic E-state index is 12.4. The second kappa shape index (κ2) is 5.18. The Kier molecular flexibility index (Phi) is 3.35. The molecule has 0 fully saturated rings. The van der Waals surface area contributed by atoms with E-state index >= 15 is 0 Å².